The molecular weight excluding hydrogens is 275 g/mol. The number of rotatable bonds is 0. The van der Waals surface area contributed by atoms with Crippen LogP contribution in [0.3, 0.4) is 0 Å². The molecule has 0 bridgehead atoms. The maximum atomic E-state index is 4.96. The van der Waals surface area contributed by atoms with Gasteiger partial charge in [0.2, 0.25) is 0 Å². The summed E-state index contributed by atoms with van der Waals surface area (Å²) < 4.78 is 2.37. The van der Waals surface area contributed by atoms with E-state index in [0.717, 1.165) is 11.2 Å². The number of nitrogens with zero attached hydrogens (tertiary/aromatic N) is 3. The van der Waals surface area contributed by atoms with Gasteiger partial charge in [0.15, 0.2) is 10.3 Å². The number of hydrogen-bond acceptors (Lipinski definition) is 3. The average molecular weight is 278 g/mol. The van der Waals surface area contributed by atoms with Gasteiger partial charge in [-0.2, -0.15) is 0 Å². The zero-order valence-corrected chi connectivity index (χ0v) is 8.26. The van der Waals surface area contributed by atoms with Gasteiger partial charge >= 0.3 is 0 Å². The second-order valence-electron chi connectivity index (χ2n) is 1.96. The first-order valence-electron chi connectivity index (χ1n) is 2.86. The maximum Gasteiger partial charge on any atom is 0.157 e. The number of hydrogen-bond donors (Lipinski definition) is 1. The molecule has 6 heteroatoms. The Morgan fingerprint density at radius 1 is 1.55 bits per heavy atom. The molecule has 0 fully saturated rings. The van der Waals surface area contributed by atoms with Crippen molar-refractivity contribution in [2.75, 3.05) is 0 Å². The zero-order chi connectivity index (χ0) is 7.84. The Morgan fingerprint density at radius 3 is 3.09 bits per heavy atom. The van der Waals surface area contributed by atoms with Gasteiger partial charge in [0.05, 0.1) is 29.2 Å². The van der Waals surface area contributed by atoms with E-state index in [1.165, 1.54) is 0 Å². The summed E-state index contributed by atoms with van der Waals surface area (Å²) in [6, 6.07) is 0. The molecular formula is C5H3IN4S. The molecule has 0 aliphatic rings. The number of fused-ring (bicyclic) bond motifs is 1. The Labute approximate surface area is 81.2 Å². The van der Waals surface area contributed by atoms with Crippen molar-refractivity contribution < 1.29 is 0 Å². The molecule has 11 heavy (non-hydrogen) atoms. The number of H-pyrrole nitrogens is 1. The zero-order valence-electron chi connectivity index (χ0n) is 5.28. The van der Waals surface area contributed by atoms with E-state index in [-0.39, 0.29) is 0 Å². The highest BCUT2D eigenvalue weighted by atomic mass is 127. The SMILES string of the molecule is S=c1nc[nH]c2c1ncn2I. The van der Waals surface area contributed by atoms with Crippen molar-refractivity contribution in [1.29, 1.82) is 0 Å². The minimum absolute atomic E-state index is 0.536. The van der Waals surface area contributed by atoms with Gasteiger partial charge in [-0.05, 0) is 0 Å². The van der Waals surface area contributed by atoms with Crippen LogP contribution in [0.15, 0.2) is 12.7 Å². The monoisotopic (exact) mass is 278 g/mol. The van der Waals surface area contributed by atoms with Gasteiger partial charge in [-0.25, -0.2) is 9.97 Å². The highest BCUT2D eigenvalue weighted by molar-refractivity contribution is 14.1. The third-order valence-corrected chi connectivity index (χ3v) is 2.34. The lowest BCUT2D eigenvalue weighted by molar-refractivity contribution is 1.18. The van der Waals surface area contributed by atoms with Crippen LogP contribution in [0.4, 0.5) is 0 Å². The molecule has 0 saturated heterocycles. The fourth-order valence-electron chi connectivity index (χ4n) is 0.828. The van der Waals surface area contributed by atoms with E-state index in [4.69, 9.17) is 12.2 Å². The van der Waals surface area contributed by atoms with E-state index >= 15 is 0 Å². The molecule has 4 nitrogen and oxygen atoms in total. The molecule has 2 heterocycles. The van der Waals surface area contributed by atoms with Gasteiger partial charge in [0, 0.05) is 0 Å². The smallest absolute Gasteiger partial charge is 0.157 e. The third-order valence-electron chi connectivity index (χ3n) is 1.31. The van der Waals surface area contributed by atoms with E-state index in [0.29, 0.717) is 4.64 Å². The molecule has 0 aliphatic heterocycles. The predicted octanol–water partition coefficient (Wildman–Crippen LogP) is 1.69. The quantitative estimate of drug-likeness (QED) is 0.589. The minimum Gasteiger partial charge on any atom is -0.330 e. The fourth-order valence-corrected chi connectivity index (χ4v) is 1.52. The Balaban J connectivity index is 3.06. The lowest BCUT2D eigenvalue weighted by Gasteiger charge is -1.89. The van der Waals surface area contributed by atoms with Crippen LogP contribution in [0.2, 0.25) is 0 Å². The Bertz CT molecular complexity index is 445. The van der Waals surface area contributed by atoms with Crippen molar-refractivity contribution in [3.05, 3.63) is 17.3 Å². The molecule has 0 aromatic carbocycles. The van der Waals surface area contributed by atoms with E-state index in [1.807, 2.05) is 2.78 Å². The number of aromatic nitrogens is 4. The number of nitrogens with one attached hydrogen (secondary N) is 1. The molecule has 0 amide bonds. The minimum atomic E-state index is 0.536. The van der Waals surface area contributed by atoms with Crippen LogP contribution in [0.25, 0.3) is 11.2 Å². The fraction of sp³-hybridized carbons (Fsp3) is 0. The van der Waals surface area contributed by atoms with Gasteiger partial charge in [-0.1, -0.05) is 12.2 Å². The van der Waals surface area contributed by atoms with E-state index in [2.05, 4.69) is 37.8 Å². The summed E-state index contributed by atoms with van der Waals surface area (Å²) in [5, 5.41) is 0. The summed E-state index contributed by atoms with van der Waals surface area (Å²) in [5.74, 6) is 0. The molecule has 2 aromatic heterocycles. The standard InChI is InChI=1S/C5H3IN4S/c6-10-2-9-3-4(10)7-1-8-5(3)11/h1-2H,(H,7,8,11). The summed E-state index contributed by atoms with van der Waals surface area (Å²) in [4.78, 5) is 10.9. The molecule has 2 aromatic rings. The molecule has 0 aliphatic carbocycles. The van der Waals surface area contributed by atoms with Crippen LogP contribution < -0.4 is 0 Å². The first kappa shape index (κ1) is 7.17. The lowest BCUT2D eigenvalue weighted by Crippen LogP contribution is -1.83. The van der Waals surface area contributed by atoms with Gasteiger partial charge in [0.1, 0.15) is 11.8 Å². The molecule has 1 N–H and O–H groups in total. The summed E-state index contributed by atoms with van der Waals surface area (Å²) >= 11 is 7.08. The first-order valence-corrected chi connectivity index (χ1v) is 4.23. The second-order valence-corrected chi connectivity index (χ2v) is 3.39. The molecule has 56 valence electrons. The van der Waals surface area contributed by atoms with Crippen molar-refractivity contribution in [3.8, 4) is 0 Å². The number of halogens is 1. The van der Waals surface area contributed by atoms with Crippen LogP contribution in [0, 0.1) is 4.64 Å². The Kier molecular flexibility index (Phi) is 1.64. The van der Waals surface area contributed by atoms with Gasteiger partial charge in [-0.15, -0.1) is 0 Å². The van der Waals surface area contributed by atoms with Crippen molar-refractivity contribution in [2.45, 2.75) is 0 Å². The van der Waals surface area contributed by atoms with Crippen molar-refractivity contribution in [1.82, 2.24) is 17.7 Å². The van der Waals surface area contributed by atoms with Gasteiger partial charge < -0.3 is 4.98 Å². The molecule has 2 rings (SSSR count). The third kappa shape index (κ3) is 1.06. The normalized spacial score (nSPS) is 10.6. The second kappa shape index (κ2) is 2.52. The van der Waals surface area contributed by atoms with Crippen LogP contribution in [-0.2, 0) is 0 Å². The maximum absolute atomic E-state index is 4.96. The predicted molar refractivity (Wildman–Crippen MR) is 52.1 cm³/mol. The van der Waals surface area contributed by atoms with Gasteiger partial charge in [-0.3, -0.25) is 2.78 Å². The van der Waals surface area contributed by atoms with Crippen LogP contribution in [0.5, 0.6) is 0 Å². The Morgan fingerprint density at radius 2 is 2.36 bits per heavy atom. The summed E-state index contributed by atoms with van der Waals surface area (Å²) in [6.07, 6.45) is 3.26. The highest BCUT2D eigenvalue weighted by Gasteiger charge is 2.00. The highest BCUT2D eigenvalue weighted by Crippen LogP contribution is 2.10. The van der Waals surface area contributed by atoms with E-state index in [9.17, 15) is 0 Å². The van der Waals surface area contributed by atoms with Crippen molar-refractivity contribution in [3.63, 3.8) is 0 Å². The van der Waals surface area contributed by atoms with Crippen LogP contribution >= 0.6 is 35.1 Å². The van der Waals surface area contributed by atoms with Crippen molar-refractivity contribution in [2.24, 2.45) is 0 Å². The van der Waals surface area contributed by atoms with E-state index < -0.39 is 0 Å². The van der Waals surface area contributed by atoms with Crippen LogP contribution in [0.1, 0.15) is 0 Å². The van der Waals surface area contributed by atoms with Gasteiger partial charge in [0.25, 0.3) is 0 Å². The lowest BCUT2D eigenvalue weighted by atomic mass is 10.6. The molecule has 0 unspecified atom stereocenters. The van der Waals surface area contributed by atoms with Crippen LogP contribution in [-0.4, -0.2) is 17.7 Å². The molecule has 0 saturated carbocycles. The topological polar surface area (TPSA) is 46.5 Å². The summed E-state index contributed by atoms with van der Waals surface area (Å²) in [7, 11) is 0. The largest absolute Gasteiger partial charge is 0.330 e. The molecule has 0 atom stereocenters. The summed E-state index contributed by atoms with van der Waals surface area (Å²) in [5.41, 5.74) is 1.64. The molecule has 0 radical (unpaired) electrons. The Hall–Kier alpha value is -0.500. The first-order chi connectivity index (χ1) is 5.29. The number of imidazole rings is 1. The average Bonchev–Trinajstić information content (AvgIpc) is 2.35. The van der Waals surface area contributed by atoms with E-state index in [1.54, 1.807) is 12.7 Å². The summed E-state index contributed by atoms with van der Waals surface area (Å²) in [6.45, 7) is 0. The number of aromatic amines is 1. The van der Waals surface area contributed by atoms with Crippen molar-refractivity contribution >= 4 is 46.2 Å². The molecule has 0 spiro atoms.